The lowest BCUT2D eigenvalue weighted by Crippen LogP contribution is -2.65. The Kier molecular flexibility index (Phi) is 3.25. The Morgan fingerprint density at radius 1 is 1.00 bits per heavy atom. The zero-order chi connectivity index (χ0) is 12.8. The SMILES string of the molecule is CC(C)(C)CC1CC2(C1)CN(C1CCCCC1)C2. The van der Waals surface area contributed by atoms with Crippen molar-refractivity contribution in [1.82, 2.24) is 4.90 Å². The van der Waals surface area contributed by atoms with Crippen molar-refractivity contribution < 1.29 is 0 Å². The highest BCUT2D eigenvalue weighted by Gasteiger charge is 2.53. The second-order valence-corrected chi connectivity index (χ2v) is 8.74. The zero-order valence-electron chi connectivity index (χ0n) is 12.7. The second kappa shape index (κ2) is 4.51. The van der Waals surface area contributed by atoms with E-state index in [-0.39, 0.29) is 0 Å². The lowest BCUT2D eigenvalue weighted by Gasteiger charge is -2.62. The Morgan fingerprint density at radius 2 is 1.61 bits per heavy atom. The fourth-order valence-electron chi connectivity index (χ4n) is 4.95. The van der Waals surface area contributed by atoms with Gasteiger partial charge in [-0.2, -0.15) is 0 Å². The molecule has 2 aliphatic carbocycles. The third kappa shape index (κ3) is 2.61. The summed E-state index contributed by atoms with van der Waals surface area (Å²) in [6, 6.07) is 0.964. The predicted octanol–water partition coefficient (Wildman–Crippen LogP) is 4.47. The molecule has 0 aromatic heterocycles. The van der Waals surface area contributed by atoms with E-state index < -0.39 is 0 Å². The maximum absolute atomic E-state index is 2.81. The molecule has 1 heteroatoms. The van der Waals surface area contributed by atoms with E-state index in [1.807, 2.05) is 0 Å². The largest absolute Gasteiger partial charge is 0.299 e. The van der Waals surface area contributed by atoms with Crippen LogP contribution < -0.4 is 0 Å². The second-order valence-electron chi connectivity index (χ2n) is 8.74. The van der Waals surface area contributed by atoms with Gasteiger partial charge >= 0.3 is 0 Å². The number of rotatable bonds is 2. The van der Waals surface area contributed by atoms with Crippen LogP contribution in [-0.2, 0) is 0 Å². The minimum atomic E-state index is 0.541. The summed E-state index contributed by atoms with van der Waals surface area (Å²) in [5.41, 5.74) is 1.33. The summed E-state index contributed by atoms with van der Waals surface area (Å²) in [7, 11) is 0. The van der Waals surface area contributed by atoms with Crippen LogP contribution in [0.15, 0.2) is 0 Å². The molecular weight excluding hydrogens is 218 g/mol. The topological polar surface area (TPSA) is 3.24 Å². The molecule has 1 nitrogen and oxygen atoms in total. The van der Waals surface area contributed by atoms with Crippen LogP contribution in [0.5, 0.6) is 0 Å². The van der Waals surface area contributed by atoms with Crippen molar-refractivity contribution in [1.29, 1.82) is 0 Å². The van der Waals surface area contributed by atoms with Gasteiger partial charge in [-0.1, -0.05) is 40.0 Å². The molecule has 0 radical (unpaired) electrons. The fourth-order valence-corrected chi connectivity index (χ4v) is 4.95. The Morgan fingerprint density at radius 3 is 2.17 bits per heavy atom. The maximum atomic E-state index is 2.81. The molecule has 2 saturated carbocycles. The van der Waals surface area contributed by atoms with Gasteiger partial charge in [-0.05, 0) is 48.9 Å². The van der Waals surface area contributed by atoms with E-state index >= 15 is 0 Å². The smallest absolute Gasteiger partial charge is 0.00957 e. The van der Waals surface area contributed by atoms with Gasteiger partial charge in [0, 0.05) is 19.1 Å². The van der Waals surface area contributed by atoms with Gasteiger partial charge in [0.25, 0.3) is 0 Å². The van der Waals surface area contributed by atoms with Crippen molar-refractivity contribution in [2.24, 2.45) is 16.7 Å². The van der Waals surface area contributed by atoms with Crippen molar-refractivity contribution in [3.05, 3.63) is 0 Å². The van der Waals surface area contributed by atoms with Crippen molar-refractivity contribution in [2.45, 2.75) is 78.2 Å². The molecule has 3 rings (SSSR count). The van der Waals surface area contributed by atoms with Crippen molar-refractivity contribution in [3.8, 4) is 0 Å². The zero-order valence-corrected chi connectivity index (χ0v) is 12.7. The minimum Gasteiger partial charge on any atom is -0.299 e. The van der Waals surface area contributed by atoms with Gasteiger partial charge in [0.15, 0.2) is 0 Å². The summed E-state index contributed by atoms with van der Waals surface area (Å²) in [4.78, 5) is 2.81. The fraction of sp³-hybridized carbons (Fsp3) is 1.00. The monoisotopic (exact) mass is 249 g/mol. The Balaban J connectivity index is 1.41. The van der Waals surface area contributed by atoms with Crippen LogP contribution >= 0.6 is 0 Å². The van der Waals surface area contributed by atoms with Gasteiger partial charge in [-0.15, -0.1) is 0 Å². The molecule has 3 fully saturated rings. The first-order valence-corrected chi connectivity index (χ1v) is 8.20. The van der Waals surface area contributed by atoms with E-state index in [0.717, 1.165) is 17.4 Å². The first kappa shape index (κ1) is 13.0. The molecule has 1 aliphatic heterocycles. The van der Waals surface area contributed by atoms with E-state index in [1.165, 1.54) is 64.5 Å². The summed E-state index contributed by atoms with van der Waals surface area (Å²) in [6.07, 6.45) is 12.0. The highest BCUT2D eigenvalue weighted by atomic mass is 15.2. The molecule has 0 aromatic rings. The number of likely N-dealkylation sites (tertiary alicyclic amines) is 1. The summed E-state index contributed by atoms with van der Waals surface area (Å²) < 4.78 is 0. The first-order chi connectivity index (χ1) is 8.46. The predicted molar refractivity (Wildman–Crippen MR) is 77.7 cm³/mol. The molecule has 0 amide bonds. The lowest BCUT2D eigenvalue weighted by atomic mass is 9.55. The van der Waals surface area contributed by atoms with Crippen molar-refractivity contribution >= 4 is 0 Å². The van der Waals surface area contributed by atoms with Gasteiger partial charge in [-0.3, -0.25) is 4.90 Å². The van der Waals surface area contributed by atoms with E-state index in [2.05, 4.69) is 25.7 Å². The summed E-state index contributed by atoms with van der Waals surface area (Å²) in [6.45, 7) is 10.1. The average molecular weight is 249 g/mol. The Hall–Kier alpha value is -0.0400. The van der Waals surface area contributed by atoms with Crippen LogP contribution in [-0.4, -0.2) is 24.0 Å². The van der Waals surface area contributed by atoms with Crippen molar-refractivity contribution in [3.63, 3.8) is 0 Å². The Labute approximate surface area is 113 Å². The number of nitrogens with zero attached hydrogens (tertiary/aromatic N) is 1. The van der Waals surface area contributed by atoms with Crippen LogP contribution in [0, 0.1) is 16.7 Å². The highest BCUT2D eigenvalue weighted by molar-refractivity contribution is 5.06. The molecule has 0 unspecified atom stereocenters. The molecular formula is C17H31N. The van der Waals surface area contributed by atoms with E-state index in [1.54, 1.807) is 0 Å². The van der Waals surface area contributed by atoms with Crippen LogP contribution in [0.4, 0.5) is 0 Å². The first-order valence-electron chi connectivity index (χ1n) is 8.20. The van der Waals surface area contributed by atoms with Crippen LogP contribution in [0.2, 0.25) is 0 Å². The minimum absolute atomic E-state index is 0.541. The Bertz CT molecular complexity index is 281. The third-order valence-corrected chi connectivity index (χ3v) is 5.51. The standard InChI is InChI=1S/C17H31N/c1-16(2,3)9-14-10-17(11-14)12-18(13-17)15-7-5-4-6-8-15/h14-15H,4-13H2,1-3H3. The number of hydrogen-bond acceptors (Lipinski definition) is 1. The average Bonchev–Trinajstić information content (AvgIpc) is 2.19. The maximum Gasteiger partial charge on any atom is 0.00957 e. The summed E-state index contributed by atoms with van der Waals surface area (Å²) in [5.74, 6) is 1.04. The van der Waals surface area contributed by atoms with Crippen molar-refractivity contribution in [2.75, 3.05) is 13.1 Å². The van der Waals surface area contributed by atoms with E-state index in [9.17, 15) is 0 Å². The van der Waals surface area contributed by atoms with Gasteiger partial charge in [0.1, 0.15) is 0 Å². The molecule has 18 heavy (non-hydrogen) atoms. The molecule has 3 aliphatic rings. The van der Waals surface area contributed by atoms with Crippen LogP contribution in [0.1, 0.15) is 72.1 Å². The molecule has 0 N–H and O–H groups in total. The highest BCUT2D eigenvalue weighted by Crippen LogP contribution is 2.55. The molecule has 0 bridgehead atoms. The number of hydrogen-bond donors (Lipinski definition) is 0. The molecule has 0 aromatic carbocycles. The molecule has 1 saturated heterocycles. The van der Waals surface area contributed by atoms with Crippen LogP contribution in [0.3, 0.4) is 0 Å². The molecule has 104 valence electrons. The summed E-state index contributed by atoms with van der Waals surface area (Å²) >= 11 is 0. The third-order valence-electron chi connectivity index (χ3n) is 5.51. The molecule has 1 heterocycles. The van der Waals surface area contributed by atoms with Crippen LogP contribution in [0.25, 0.3) is 0 Å². The van der Waals surface area contributed by atoms with Gasteiger partial charge < -0.3 is 0 Å². The lowest BCUT2D eigenvalue weighted by molar-refractivity contribution is -0.124. The van der Waals surface area contributed by atoms with E-state index in [0.29, 0.717) is 5.41 Å². The molecule has 0 atom stereocenters. The normalized spacial score (nSPS) is 30.2. The van der Waals surface area contributed by atoms with E-state index in [4.69, 9.17) is 0 Å². The molecule has 1 spiro atoms. The van der Waals surface area contributed by atoms with Gasteiger partial charge in [-0.25, -0.2) is 0 Å². The summed E-state index contributed by atoms with van der Waals surface area (Å²) in [5, 5.41) is 0. The van der Waals surface area contributed by atoms with Gasteiger partial charge in [0.05, 0.1) is 0 Å². The quantitative estimate of drug-likeness (QED) is 0.698. The van der Waals surface area contributed by atoms with Gasteiger partial charge in [0.2, 0.25) is 0 Å².